The first-order valence-electron chi connectivity index (χ1n) is 6.22. The number of ether oxygens (including phenoxy) is 2. The van der Waals surface area contributed by atoms with Gasteiger partial charge < -0.3 is 20.1 Å². The molecular formula is C13H18BrClN2O3. The predicted molar refractivity (Wildman–Crippen MR) is 83.0 cm³/mol. The molecule has 0 unspecified atom stereocenters. The summed E-state index contributed by atoms with van der Waals surface area (Å²) in [5.41, 5.74) is 0.555. The Morgan fingerprint density at radius 2 is 2.20 bits per heavy atom. The fourth-order valence-corrected chi connectivity index (χ4v) is 2.42. The van der Waals surface area contributed by atoms with Crippen LogP contribution in [-0.4, -0.2) is 31.8 Å². The van der Waals surface area contributed by atoms with E-state index in [1.54, 1.807) is 12.1 Å². The topological polar surface area (TPSA) is 59.6 Å². The minimum absolute atomic E-state index is 0. The summed E-state index contributed by atoms with van der Waals surface area (Å²) in [4.78, 5) is 12.0. The van der Waals surface area contributed by atoms with Crippen molar-refractivity contribution in [2.24, 2.45) is 0 Å². The first kappa shape index (κ1) is 17.1. The molecule has 0 aliphatic carbocycles. The molecule has 0 spiro atoms. The second-order valence-corrected chi connectivity index (χ2v) is 5.21. The summed E-state index contributed by atoms with van der Waals surface area (Å²) >= 11 is 3.37. The molecule has 1 aliphatic heterocycles. The summed E-state index contributed by atoms with van der Waals surface area (Å²) in [7, 11) is 0. The van der Waals surface area contributed by atoms with Crippen LogP contribution in [0.1, 0.15) is 24.2 Å². The molecule has 0 saturated carbocycles. The average molecular weight is 366 g/mol. The molecule has 1 aromatic rings. The summed E-state index contributed by atoms with van der Waals surface area (Å²) in [6, 6.07) is 3.67. The van der Waals surface area contributed by atoms with E-state index in [-0.39, 0.29) is 31.1 Å². The van der Waals surface area contributed by atoms with Crippen LogP contribution in [0.4, 0.5) is 0 Å². The van der Waals surface area contributed by atoms with E-state index in [2.05, 4.69) is 26.6 Å². The van der Waals surface area contributed by atoms with Crippen LogP contribution in [0, 0.1) is 0 Å². The van der Waals surface area contributed by atoms with Gasteiger partial charge in [-0.2, -0.15) is 0 Å². The molecule has 2 N–H and O–H groups in total. The molecule has 0 radical (unpaired) electrons. The van der Waals surface area contributed by atoms with Crippen LogP contribution in [0.25, 0.3) is 0 Å². The highest BCUT2D eigenvalue weighted by Crippen LogP contribution is 2.39. The van der Waals surface area contributed by atoms with Gasteiger partial charge in [0.15, 0.2) is 11.5 Å². The van der Waals surface area contributed by atoms with E-state index in [9.17, 15) is 4.79 Å². The van der Waals surface area contributed by atoms with Gasteiger partial charge in [0.25, 0.3) is 5.91 Å². The van der Waals surface area contributed by atoms with E-state index in [4.69, 9.17) is 9.47 Å². The number of hydrogen-bond donors (Lipinski definition) is 2. The summed E-state index contributed by atoms with van der Waals surface area (Å²) in [6.45, 7) is 5.72. The average Bonchev–Trinajstić information content (AvgIpc) is 2.85. The second-order valence-electron chi connectivity index (χ2n) is 4.36. The van der Waals surface area contributed by atoms with Gasteiger partial charge in [0.2, 0.25) is 6.79 Å². The van der Waals surface area contributed by atoms with Crippen molar-refractivity contribution in [3.63, 3.8) is 0 Å². The minimum Gasteiger partial charge on any atom is -0.454 e. The Balaban J connectivity index is 0.00000200. The number of nitrogens with one attached hydrogen (secondary N) is 2. The number of fused-ring (bicyclic) bond motifs is 1. The first-order valence-corrected chi connectivity index (χ1v) is 7.01. The molecule has 7 heteroatoms. The fraction of sp³-hybridized carbons (Fsp3) is 0.462. The standard InChI is InChI=1S/C13H17BrN2O3.ClH/c1-3-15-8(2)6-16-13(17)9-4-10(14)12-11(5-9)18-7-19-12;/h4-5,8,15H,3,6-7H2,1-2H3,(H,16,17);1H/t8-;/m1./s1. The van der Waals surface area contributed by atoms with Crippen LogP contribution < -0.4 is 20.1 Å². The van der Waals surface area contributed by atoms with Crippen LogP contribution in [0.15, 0.2) is 16.6 Å². The van der Waals surface area contributed by atoms with Crippen LogP contribution in [-0.2, 0) is 0 Å². The third kappa shape index (κ3) is 4.01. The van der Waals surface area contributed by atoms with Crippen LogP contribution in [0.3, 0.4) is 0 Å². The molecule has 1 aliphatic rings. The Bertz CT molecular complexity index is 485. The number of likely N-dealkylation sites (N-methyl/N-ethyl adjacent to an activating group) is 1. The molecule has 0 bridgehead atoms. The zero-order valence-corrected chi connectivity index (χ0v) is 13.8. The fourth-order valence-electron chi connectivity index (χ4n) is 1.87. The van der Waals surface area contributed by atoms with Gasteiger partial charge in [0.1, 0.15) is 0 Å². The molecule has 1 aromatic carbocycles. The van der Waals surface area contributed by atoms with Crippen molar-refractivity contribution in [3.8, 4) is 11.5 Å². The number of halogens is 2. The Morgan fingerprint density at radius 1 is 1.45 bits per heavy atom. The summed E-state index contributed by atoms with van der Waals surface area (Å²) < 4.78 is 11.3. The van der Waals surface area contributed by atoms with Gasteiger partial charge in [0, 0.05) is 18.2 Å². The van der Waals surface area contributed by atoms with Crippen molar-refractivity contribution in [1.29, 1.82) is 0 Å². The summed E-state index contributed by atoms with van der Waals surface area (Å²) in [6.07, 6.45) is 0. The van der Waals surface area contributed by atoms with Crippen molar-refractivity contribution in [1.82, 2.24) is 10.6 Å². The maximum absolute atomic E-state index is 12.0. The van der Waals surface area contributed by atoms with Crippen LogP contribution >= 0.6 is 28.3 Å². The molecule has 0 aromatic heterocycles. The third-order valence-electron chi connectivity index (χ3n) is 2.81. The van der Waals surface area contributed by atoms with Gasteiger partial charge in [-0.05, 0) is 41.5 Å². The summed E-state index contributed by atoms with van der Waals surface area (Å²) in [5.74, 6) is 1.13. The summed E-state index contributed by atoms with van der Waals surface area (Å²) in [5, 5.41) is 6.12. The van der Waals surface area contributed by atoms with Gasteiger partial charge in [-0.3, -0.25) is 4.79 Å². The van der Waals surface area contributed by atoms with Gasteiger partial charge in [-0.15, -0.1) is 12.4 Å². The molecule has 1 amide bonds. The van der Waals surface area contributed by atoms with Gasteiger partial charge in [0.05, 0.1) is 4.47 Å². The monoisotopic (exact) mass is 364 g/mol. The number of amides is 1. The van der Waals surface area contributed by atoms with E-state index in [1.165, 1.54) is 0 Å². The third-order valence-corrected chi connectivity index (χ3v) is 3.40. The number of carbonyl (C=O) groups is 1. The highest BCUT2D eigenvalue weighted by atomic mass is 79.9. The van der Waals surface area contributed by atoms with E-state index in [0.29, 0.717) is 23.6 Å². The lowest BCUT2D eigenvalue weighted by Gasteiger charge is -2.13. The van der Waals surface area contributed by atoms with Crippen molar-refractivity contribution in [2.45, 2.75) is 19.9 Å². The second kappa shape index (κ2) is 7.71. The van der Waals surface area contributed by atoms with E-state index >= 15 is 0 Å². The smallest absolute Gasteiger partial charge is 0.251 e. The predicted octanol–water partition coefficient (Wildman–Crippen LogP) is 2.33. The Hall–Kier alpha value is -0.980. The van der Waals surface area contributed by atoms with Crippen molar-refractivity contribution in [3.05, 3.63) is 22.2 Å². The quantitative estimate of drug-likeness (QED) is 0.841. The number of rotatable bonds is 5. The SMILES string of the molecule is CCN[C@H](C)CNC(=O)c1cc(Br)c2c(c1)OCO2.Cl. The van der Waals surface area contributed by atoms with Crippen LogP contribution in [0.5, 0.6) is 11.5 Å². The molecule has 5 nitrogen and oxygen atoms in total. The maximum Gasteiger partial charge on any atom is 0.251 e. The molecule has 1 heterocycles. The van der Waals surface area contributed by atoms with Crippen molar-refractivity contribution < 1.29 is 14.3 Å². The molecule has 20 heavy (non-hydrogen) atoms. The Kier molecular flexibility index (Phi) is 6.58. The van der Waals surface area contributed by atoms with Crippen LogP contribution in [0.2, 0.25) is 0 Å². The lowest BCUT2D eigenvalue weighted by molar-refractivity contribution is 0.0949. The molecule has 1 atom stereocenters. The minimum atomic E-state index is -0.122. The first-order chi connectivity index (χ1) is 9.11. The van der Waals surface area contributed by atoms with E-state index < -0.39 is 0 Å². The van der Waals surface area contributed by atoms with Gasteiger partial charge >= 0.3 is 0 Å². The molecule has 2 rings (SSSR count). The molecule has 0 fully saturated rings. The Morgan fingerprint density at radius 3 is 2.90 bits per heavy atom. The highest BCUT2D eigenvalue weighted by molar-refractivity contribution is 9.10. The van der Waals surface area contributed by atoms with Crippen molar-refractivity contribution in [2.75, 3.05) is 19.9 Å². The van der Waals surface area contributed by atoms with Crippen molar-refractivity contribution >= 4 is 34.2 Å². The lowest BCUT2D eigenvalue weighted by Crippen LogP contribution is -2.38. The normalized spacial score (nSPS) is 13.6. The number of carbonyl (C=O) groups excluding carboxylic acids is 1. The molecule has 0 saturated heterocycles. The molecule has 112 valence electrons. The maximum atomic E-state index is 12.0. The number of hydrogen-bond acceptors (Lipinski definition) is 4. The largest absolute Gasteiger partial charge is 0.454 e. The zero-order valence-electron chi connectivity index (χ0n) is 11.4. The zero-order chi connectivity index (χ0) is 13.8. The van der Waals surface area contributed by atoms with E-state index in [1.807, 2.05) is 13.8 Å². The van der Waals surface area contributed by atoms with Gasteiger partial charge in [-0.1, -0.05) is 6.92 Å². The number of benzene rings is 1. The van der Waals surface area contributed by atoms with E-state index in [0.717, 1.165) is 11.0 Å². The van der Waals surface area contributed by atoms with Gasteiger partial charge in [-0.25, -0.2) is 0 Å². The highest BCUT2D eigenvalue weighted by Gasteiger charge is 2.20. The molecular weight excluding hydrogens is 348 g/mol. The Labute approximate surface area is 132 Å². The lowest BCUT2D eigenvalue weighted by atomic mass is 10.2.